The fraction of sp³-hybridized carbons (Fsp3) is 0.938. The van der Waals surface area contributed by atoms with Gasteiger partial charge >= 0.3 is 0 Å². The van der Waals surface area contributed by atoms with E-state index in [0.29, 0.717) is 11.9 Å². The first kappa shape index (κ1) is 17.3. The summed E-state index contributed by atoms with van der Waals surface area (Å²) in [6.45, 7) is 7.37. The van der Waals surface area contributed by atoms with E-state index < -0.39 is 0 Å². The third-order valence-electron chi connectivity index (χ3n) is 4.84. The van der Waals surface area contributed by atoms with Crippen LogP contribution in [0.15, 0.2) is 5.16 Å². The first-order chi connectivity index (χ1) is 9.51. The van der Waals surface area contributed by atoms with E-state index in [1.165, 1.54) is 38.5 Å². The van der Waals surface area contributed by atoms with Gasteiger partial charge in [-0.3, -0.25) is 0 Å². The maximum Gasteiger partial charge on any atom is 0.144 e. The second kappa shape index (κ2) is 8.50. The molecule has 1 fully saturated rings. The Morgan fingerprint density at radius 2 is 2.00 bits per heavy atom. The second-order valence-corrected chi connectivity index (χ2v) is 6.84. The standard InChI is InChI=1S/C16H33N3O/c1-4-14(13-9-6-5-7-10-13)18-12-8-11-16(2,3)15(17)19-20/h13-14,18,20H,4-12H2,1-3H3,(H2,17,19). The van der Waals surface area contributed by atoms with Gasteiger partial charge in [0.25, 0.3) is 0 Å². The average molecular weight is 283 g/mol. The summed E-state index contributed by atoms with van der Waals surface area (Å²) in [4.78, 5) is 0. The lowest BCUT2D eigenvalue weighted by molar-refractivity contribution is 0.259. The van der Waals surface area contributed by atoms with Gasteiger partial charge < -0.3 is 16.3 Å². The fourth-order valence-corrected chi connectivity index (χ4v) is 3.26. The molecular formula is C16H33N3O. The van der Waals surface area contributed by atoms with Crippen LogP contribution in [0, 0.1) is 11.3 Å². The molecule has 0 spiro atoms. The van der Waals surface area contributed by atoms with E-state index in [-0.39, 0.29) is 5.41 Å². The van der Waals surface area contributed by atoms with E-state index >= 15 is 0 Å². The van der Waals surface area contributed by atoms with Gasteiger partial charge in [0.2, 0.25) is 0 Å². The highest BCUT2D eigenvalue weighted by Gasteiger charge is 2.24. The van der Waals surface area contributed by atoms with Crippen LogP contribution in [0.4, 0.5) is 0 Å². The Hall–Kier alpha value is -0.770. The summed E-state index contributed by atoms with van der Waals surface area (Å²) in [5.74, 6) is 1.20. The molecule has 0 bridgehead atoms. The fourth-order valence-electron chi connectivity index (χ4n) is 3.26. The zero-order valence-corrected chi connectivity index (χ0v) is 13.5. The zero-order chi connectivity index (χ0) is 15.0. The number of hydrogen-bond donors (Lipinski definition) is 3. The topological polar surface area (TPSA) is 70.6 Å². The van der Waals surface area contributed by atoms with Crippen molar-refractivity contribution in [3.8, 4) is 0 Å². The molecule has 0 aliphatic heterocycles. The molecule has 0 aromatic carbocycles. The number of oxime groups is 1. The molecule has 1 aliphatic carbocycles. The highest BCUT2D eigenvalue weighted by atomic mass is 16.4. The molecular weight excluding hydrogens is 250 g/mol. The maximum absolute atomic E-state index is 8.77. The number of nitrogens with two attached hydrogens (primary N) is 1. The molecule has 1 rings (SSSR count). The molecule has 1 saturated carbocycles. The van der Waals surface area contributed by atoms with E-state index in [4.69, 9.17) is 10.9 Å². The molecule has 0 saturated heterocycles. The molecule has 0 amide bonds. The lowest BCUT2D eigenvalue weighted by atomic mass is 9.82. The Labute approximate surface area is 124 Å². The van der Waals surface area contributed by atoms with Gasteiger partial charge in [0.05, 0.1) is 0 Å². The first-order valence-corrected chi connectivity index (χ1v) is 8.22. The van der Waals surface area contributed by atoms with Gasteiger partial charge in [0, 0.05) is 11.5 Å². The summed E-state index contributed by atoms with van der Waals surface area (Å²) < 4.78 is 0. The second-order valence-electron chi connectivity index (χ2n) is 6.84. The Morgan fingerprint density at radius 3 is 2.55 bits per heavy atom. The Morgan fingerprint density at radius 1 is 1.35 bits per heavy atom. The molecule has 1 aliphatic rings. The van der Waals surface area contributed by atoms with E-state index in [2.05, 4.69) is 17.4 Å². The molecule has 1 unspecified atom stereocenters. The van der Waals surface area contributed by atoms with Gasteiger partial charge in [-0.05, 0) is 44.6 Å². The lowest BCUT2D eigenvalue weighted by Gasteiger charge is -2.31. The third kappa shape index (κ3) is 5.31. The van der Waals surface area contributed by atoms with Gasteiger partial charge in [-0.15, -0.1) is 0 Å². The number of hydrogen-bond acceptors (Lipinski definition) is 3. The molecule has 0 radical (unpaired) electrons. The van der Waals surface area contributed by atoms with Gasteiger partial charge in [0.1, 0.15) is 5.84 Å². The van der Waals surface area contributed by atoms with Crippen LogP contribution in [-0.4, -0.2) is 23.6 Å². The third-order valence-corrected chi connectivity index (χ3v) is 4.84. The average Bonchev–Trinajstić information content (AvgIpc) is 2.47. The van der Waals surface area contributed by atoms with E-state index in [9.17, 15) is 0 Å². The van der Waals surface area contributed by atoms with Crippen LogP contribution < -0.4 is 11.1 Å². The summed E-state index contributed by atoms with van der Waals surface area (Å²) in [6, 6.07) is 0.669. The minimum atomic E-state index is -0.219. The normalized spacial score (nSPS) is 20.1. The zero-order valence-electron chi connectivity index (χ0n) is 13.5. The van der Waals surface area contributed by atoms with E-state index in [1.54, 1.807) is 0 Å². The first-order valence-electron chi connectivity index (χ1n) is 8.22. The predicted molar refractivity (Wildman–Crippen MR) is 85.1 cm³/mol. The monoisotopic (exact) mass is 283 g/mol. The van der Waals surface area contributed by atoms with Crippen LogP contribution in [0.2, 0.25) is 0 Å². The van der Waals surface area contributed by atoms with Crippen LogP contribution in [0.1, 0.15) is 72.1 Å². The van der Waals surface area contributed by atoms with Gasteiger partial charge in [-0.2, -0.15) is 0 Å². The number of nitrogens with one attached hydrogen (secondary N) is 1. The number of amidine groups is 1. The van der Waals surface area contributed by atoms with Crippen LogP contribution in [-0.2, 0) is 0 Å². The van der Waals surface area contributed by atoms with Crippen molar-refractivity contribution in [3.63, 3.8) is 0 Å². The highest BCUT2D eigenvalue weighted by Crippen LogP contribution is 2.28. The largest absolute Gasteiger partial charge is 0.409 e. The molecule has 0 aromatic heterocycles. The molecule has 4 heteroatoms. The summed E-state index contributed by atoms with van der Waals surface area (Å²) >= 11 is 0. The van der Waals surface area contributed by atoms with Crippen molar-refractivity contribution >= 4 is 5.84 Å². The van der Waals surface area contributed by atoms with Gasteiger partial charge in [0.15, 0.2) is 0 Å². The van der Waals surface area contributed by atoms with Crippen LogP contribution in [0.3, 0.4) is 0 Å². The van der Waals surface area contributed by atoms with Gasteiger partial charge in [-0.1, -0.05) is 45.2 Å². The Balaban J connectivity index is 2.28. The van der Waals surface area contributed by atoms with Crippen LogP contribution >= 0.6 is 0 Å². The minimum Gasteiger partial charge on any atom is -0.409 e. The lowest BCUT2D eigenvalue weighted by Crippen LogP contribution is -2.38. The van der Waals surface area contributed by atoms with E-state index in [0.717, 1.165) is 25.3 Å². The number of rotatable bonds is 8. The maximum atomic E-state index is 8.77. The van der Waals surface area contributed by atoms with Crippen molar-refractivity contribution in [2.45, 2.75) is 78.2 Å². The van der Waals surface area contributed by atoms with Crippen molar-refractivity contribution in [2.75, 3.05) is 6.54 Å². The summed E-state index contributed by atoms with van der Waals surface area (Å²) in [5.41, 5.74) is 5.50. The van der Waals surface area contributed by atoms with Crippen molar-refractivity contribution < 1.29 is 5.21 Å². The molecule has 4 nitrogen and oxygen atoms in total. The molecule has 0 heterocycles. The van der Waals surface area contributed by atoms with Crippen molar-refractivity contribution in [1.82, 2.24) is 5.32 Å². The van der Waals surface area contributed by atoms with E-state index in [1.807, 2.05) is 13.8 Å². The van der Waals surface area contributed by atoms with Crippen molar-refractivity contribution in [1.29, 1.82) is 0 Å². The Kier molecular flexibility index (Phi) is 7.35. The van der Waals surface area contributed by atoms with Crippen molar-refractivity contribution in [3.05, 3.63) is 0 Å². The molecule has 118 valence electrons. The highest BCUT2D eigenvalue weighted by molar-refractivity contribution is 5.85. The summed E-state index contributed by atoms with van der Waals surface area (Å²) in [5, 5.41) is 15.6. The van der Waals surface area contributed by atoms with Gasteiger partial charge in [-0.25, -0.2) is 0 Å². The molecule has 4 N–H and O–H groups in total. The quantitative estimate of drug-likeness (QED) is 0.210. The molecule has 1 atom stereocenters. The summed E-state index contributed by atoms with van der Waals surface area (Å²) in [6.07, 6.45) is 10.2. The van der Waals surface area contributed by atoms with Crippen LogP contribution in [0.5, 0.6) is 0 Å². The van der Waals surface area contributed by atoms with Crippen molar-refractivity contribution in [2.24, 2.45) is 22.2 Å². The predicted octanol–water partition coefficient (Wildman–Crippen LogP) is 3.49. The smallest absolute Gasteiger partial charge is 0.144 e. The van der Waals surface area contributed by atoms with Crippen LogP contribution in [0.25, 0.3) is 0 Å². The molecule has 20 heavy (non-hydrogen) atoms. The summed E-state index contributed by atoms with van der Waals surface area (Å²) in [7, 11) is 0. The molecule has 0 aromatic rings. The number of nitrogens with zero attached hydrogens (tertiary/aromatic N) is 1. The Bertz CT molecular complexity index is 296. The SMILES string of the molecule is CCC(NCCCC(C)(C)C(N)=NO)C1CCCCC1. The minimum absolute atomic E-state index is 0.219.